The molecule has 0 aromatic heterocycles. The summed E-state index contributed by atoms with van der Waals surface area (Å²) in [7, 11) is 0. The second-order valence-electron chi connectivity index (χ2n) is 7.76. The minimum atomic E-state index is -0.678. The summed E-state index contributed by atoms with van der Waals surface area (Å²) < 4.78 is 5.82. The number of rotatable bonds is 4. The molecule has 2 fully saturated rings. The number of carbonyl (C=O) groups excluding carboxylic acids is 1. The molecule has 1 heterocycles. The zero-order valence-corrected chi connectivity index (χ0v) is 15.7. The molecule has 1 saturated heterocycles. The molecule has 148 valence electrons. The number of hydrogen-bond donors (Lipinski definition) is 3. The van der Waals surface area contributed by atoms with Gasteiger partial charge in [-0.05, 0) is 42.4 Å². The number of nitrogens with zero attached hydrogens (tertiary/aromatic N) is 1. The molecule has 1 aliphatic heterocycles. The van der Waals surface area contributed by atoms with E-state index in [0.717, 1.165) is 5.56 Å². The van der Waals surface area contributed by atoms with Crippen molar-refractivity contribution in [3.63, 3.8) is 0 Å². The lowest BCUT2D eigenvalue weighted by molar-refractivity contribution is -0.0372. The number of amides is 2. The Bertz CT molecular complexity index is 795. The summed E-state index contributed by atoms with van der Waals surface area (Å²) in [6.07, 6.45) is -0.248. The Kier molecular flexibility index (Phi) is 5.50. The van der Waals surface area contributed by atoms with Gasteiger partial charge in [0.15, 0.2) is 0 Å². The van der Waals surface area contributed by atoms with Crippen LogP contribution < -0.4 is 10.1 Å². The fourth-order valence-corrected chi connectivity index (χ4v) is 4.18. The fraction of sp³-hybridized carbons (Fsp3) is 0.409. The highest BCUT2D eigenvalue weighted by molar-refractivity contribution is 5.89. The van der Waals surface area contributed by atoms with Crippen molar-refractivity contribution in [3.05, 3.63) is 60.2 Å². The predicted molar refractivity (Wildman–Crippen MR) is 106 cm³/mol. The third-order valence-corrected chi connectivity index (χ3v) is 5.73. The van der Waals surface area contributed by atoms with Gasteiger partial charge < -0.3 is 25.2 Å². The lowest BCUT2D eigenvalue weighted by Crippen LogP contribution is -2.38. The van der Waals surface area contributed by atoms with E-state index in [1.54, 1.807) is 4.90 Å². The van der Waals surface area contributed by atoms with Crippen molar-refractivity contribution in [2.45, 2.75) is 31.7 Å². The number of benzene rings is 2. The van der Waals surface area contributed by atoms with Crippen molar-refractivity contribution in [2.24, 2.45) is 11.8 Å². The Morgan fingerprint density at radius 2 is 1.68 bits per heavy atom. The highest BCUT2D eigenvalue weighted by Gasteiger charge is 2.42. The molecule has 2 aromatic carbocycles. The maximum atomic E-state index is 12.7. The minimum Gasteiger partial charge on any atom is -0.489 e. The molecule has 3 N–H and O–H groups in total. The van der Waals surface area contributed by atoms with Crippen LogP contribution in [0.15, 0.2) is 54.6 Å². The lowest BCUT2D eigenvalue weighted by Gasteiger charge is -2.31. The van der Waals surface area contributed by atoms with Crippen molar-refractivity contribution < 1.29 is 19.7 Å². The van der Waals surface area contributed by atoms with Crippen LogP contribution in [-0.2, 0) is 6.61 Å². The van der Waals surface area contributed by atoms with Crippen molar-refractivity contribution >= 4 is 11.7 Å². The molecule has 2 amide bonds. The monoisotopic (exact) mass is 382 g/mol. The molecule has 2 aromatic rings. The SMILES string of the molecule is O=C(Nc1cccc(OCc2ccccc2)c1)N1CC2CC(O)C(O)CC2C1. The topological polar surface area (TPSA) is 82.0 Å². The van der Waals surface area contributed by atoms with Crippen LogP contribution in [0.2, 0.25) is 0 Å². The van der Waals surface area contributed by atoms with Gasteiger partial charge in [0.25, 0.3) is 0 Å². The summed E-state index contributed by atoms with van der Waals surface area (Å²) in [5, 5.41) is 22.7. The zero-order valence-electron chi connectivity index (χ0n) is 15.7. The first kappa shape index (κ1) is 18.8. The average Bonchev–Trinajstić information content (AvgIpc) is 3.11. The molecule has 6 nitrogen and oxygen atoms in total. The van der Waals surface area contributed by atoms with Gasteiger partial charge in [-0.1, -0.05) is 36.4 Å². The van der Waals surface area contributed by atoms with Crippen molar-refractivity contribution in [3.8, 4) is 5.75 Å². The van der Waals surface area contributed by atoms with E-state index < -0.39 is 12.2 Å². The molecule has 4 atom stereocenters. The normalized spacial score (nSPS) is 26.6. The van der Waals surface area contributed by atoms with Gasteiger partial charge in [-0.2, -0.15) is 0 Å². The van der Waals surface area contributed by atoms with Crippen LogP contribution in [0.5, 0.6) is 5.75 Å². The molecule has 1 saturated carbocycles. The molecule has 0 radical (unpaired) electrons. The maximum Gasteiger partial charge on any atom is 0.321 e. The largest absolute Gasteiger partial charge is 0.489 e. The third-order valence-electron chi connectivity index (χ3n) is 5.73. The smallest absolute Gasteiger partial charge is 0.321 e. The summed E-state index contributed by atoms with van der Waals surface area (Å²) in [6, 6.07) is 17.1. The number of likely N-dealkylation sites (tertiary alicyclic amines) is 1. The first-order valence-corrected chi connectivity index (χ1v) is 9.77. The van der Waals surface area contributed by atoms with Crippen LogP contribution in [0.1, 0.15) is 18.4 Å². The zero-order chi connectivity index (χ0) is 19.5. The average molecular weight is 382 g/mol. The first-order chi connectivity index (χ1) is 13.6. The minimum absolute atomic E-state index is 0.154. The van der Waals surface area contributed by atoms with Crippen molar-refractivity contribution in [1.29, 1.82) is 0 Å². The number of carbonyl (C=O) groups is 1. The van der Waals surface area contributed by atoms with E-state index in [1.807, 2.05) is 54.6 Å². The number of urea groups is 1. The molecule has 0 bridgehead atoms. The van der Waals surface area contributed by atoms with Gasteiger partial charge >= 0.3 is 6.03 Å². The van der Waals surface area contributed by atoms with E-state index in [-0.39, 0.29) is 17.9 Å². The van der Waals surface area contributed by atoms with Gasteiger partial charge in [0.1, 0.15) is 12.4 Å². The van der Waals surface area contributed by atoms with E-state index in [9.17, 15) is 15.0 Å². The molecule has 4 unspecified atom stereocenters. The third kappa shape index (κ3) is 4.29. The van der Waals surface area contributed by atoms with Gasteiger partial charge in [-0.25, -0.2) is 4.79 Å². The first-order valence-electron chi connectivity index (χ1n) is 9.77. The van der Waals surface area contributed by atoms with E-state index in [2.05, 4.69) is 5.32 Å². The van der Waals surface area contributed by atoms with Gasteiger partial charge in [-0.15, -0.1) is 0 Å². The fourth-order valence-electron chi connectivity index (χ4n) is 4.18. The van der Waals surface area contributed by atoms with Gasteiger partial charge in [-0.3, -0.25) is 0 Å². The summed E-state index contributed by atoms with van der Waals surface area (Å²) >= 11 is 0. The van der Waals surface area contributed by atoms with E-state index in [1.165, 1.54) is 0 Å². The number of anilines is 1. The summed E-state index contributed by atoms with van der Waals surface area (Å²) in [4.78, 5) is 14.4. The summed E-state index contributed by atoms with van der Waals surface area (Å²) in [5.41, 5.74) is 1.77. The van der Waals surface area contributed by atoms with Crippen LogP contribution in [-0.4, -0.2) is 46.4 Å². The van der Waals surface area contributed by atoms with E-state index >= 15 is 0 Å². The Morgan fingerprint density at radius 3 is 2.36 bits per heavy atom. The van der Waals surface area contributed by atoms with Crippen LogP contribution >= 0.6 is 0 Å². The van der Waals surface area contributed by atoms with E-state index in [0.29, 0.717) is 44.0 Å². The molecule has 4 rings (SSSR count). The Labute approximate surface area is 164 Å². The molecular weight excluding hydrogens is 356 g/mol. The molecular formula is C22H26N2O4. The number of hydrogen-bond acceptors (Lipinski definition) is 4. The van der Waals surface area contributed by atoms with Gasteiger partial charge in [0, 0.05) is 24.8 Å². The Balaban J connectivity index is 1.33. The molecule has 1 aliphatic carbocycles. The summed E-state index contributed by atoms with van der Waals surface area (Å²) in [6.45, 7) is 1.70. The van der Waals surface area contributed by atoms with Crippen molar-refractivity contribution in [1.82, 2.24) is 4.90 Å². The van der Waals surface area contributed by atoms with Crippen LogP contribution in [0.3, 0.4) is 0 Å². The highest BCUT2D eigenvalue weighted by atomic mass is 16.5. The molecule has 2 aliphatic rings. The number of ether oxygens (including phenoxy) is 1. The van der Waals surface area contributed by atoms with Crippen molar-refractivity contribution in [2.75, 3.05) is 18.4 Å². The highest BCUT2D eigenvalue weighted by Crippen LogP contribution is 2.36. The van der Waals surface area contributed by atoms with E-state index in [4.69, 9.17) is 4.74 Å². The Hall–Kier alpha value is -2.57. The number of fused-ring (bicyclic) bond motifs is 1. The molecule has 6 heteroatoms. The standard InChI is InChI=1S/C22H26N2O4/c25-20-9-16-12-24(13-17(16)10-21(20)26)22(27)23-18-7-4-8-19(11-18)28-14-15-5-2-1-3-6-15/h1-8,11,16-17,20-21,25-26H,9-10,12-14H2,(H,23,27). The summed E-state index contributed by atoms with van der Waals surface area (Å²) in [5.74, 6) is 1.21. The second kappa shape index (κ2) is 8.20. The number of nitrogens with one attached hydrogen (secondary N) is 1. The van der Waals surface area contributed by atoms with Gasteiger partial charge in [0.2, 0.25) is 0 Å². The Morgan fingerprint density at radius 1 is 1.00 bits per heavy atom. The van der Waals surface area contributed by atoms with Crippen LogP contribution in [0, 0.1) is 11.8 Å². The predicted octanol–water partition coefficient (Wildman–Crippen LogP) is 2.86. The second-order valence-corrected chi connectivity index (χ2v) is 7.76. The molecule has 28 heavy (non-hydrogen) atoms. The van der Waals surface area contributed by atoms with Crippen LogP contribution in [0.25, 0.3) is 0 Å². The number of aliphatic hydroxyl groups excluding tert-OH is 2. The number of aliphatic hydroxyl groups is 2. The molecule has 0 spiro atoms. The van der Waals surface area contributed by atoms with Crippen LogP contribution in [0.4, 0.5) is 10.5 Å². The maximum absolute atomic E-state index is 12.7. The quantitative estimate of drug-likeness (QED) is 0.759. The van der Waals surface area contributed by atoms with Gasteiger partial charge in [0.05, 0.1) is 12.2 Å². The lowest BCUT2D eigenvalue weighted by atomic mass is 9.79.